The summed E-state index contributed by atoms with van der Waals surface area (Å²) in [6.45, 7) is 0. The maximum Gasteiger partial charge on any atom is 0.295 e. The van der Waals surface area contributed by atoms with Gasteiger partial charge in [0.2, 0.25) is 11.8 Å². The summed E-state index contributed by atoms with van der Waals surface area (Å²) < 4.78 is 10.9. The molecule has 0 aromatic heterocycles. The maximum atomic E-state index is 12.4. The van der Waals surface area contributed by atoms with E-state index in [1.807, 2.05) is 6.07 Å². The third-order valence-electron chi connectivity index (χ3n) is 2.57. The first-order valence-electron chi connectivity index (χ1n) is 5.60. The van der Waals surface area contributed by atoms with Crippen molar-refractivity contribution in [3.63, 3.8) is 0 Å². The van der Waals surface area contributed by atoms with Crippen molar-refractivity contribution in [2.75, 3.05) is 20.0 Å². The molecule has 1 aliphatic rings. The Kier molecular flexibility index (Phi) is 4.32. The molecule has 3 N–H and O–H groups in total. The normalized spacial score (nSPS) is 14.1. The third kappa shape index (κ3) is 2.79. The SMILES string of the molecule is COC1=CC(OC)=NN(C(=O)c2cccc(I)c2N)N1. The van der Waals surface area contributed by atoms with Crippen LogP contribution in [0.5, 0.6) is 0 Å². The van der Waals surface area contributed by atoms with E-state index in [4.69, 9.17) is 15.2 Å². The van der Waals surface area contributed by atoms with E-state index < -0.39 is 5.91 Å². The van der Waals surface area contributed by atoms with E-state index in [0.29, 0.717) is 17.1 Å². The molecule has 1 heterocycles. The Balaban J connectivity index is 2.32. The Bertz CT molecular complexity index is 600. The van der Waals surface area contributed by atoms with Gasteiger partial charge in [-0.2, -0.15) is 0 Å². The third-order valence-corrected chi connectivity index (χ3v) is 3.51. The van der Waals surface area contributed by atoms with Crippen LogP contribution in [0.1, 0.15) is 10.4 Å². The zero-order valence-corrected chi connectivity index (χ0v) is 13.0. The van der Waals surface area contributed by atoms with E-state index in [9.17, 15) is 4.79 Å². The molecule has 20 heavy (non-hydrogen) atoms. The summed E-state index contributed by atoms with van der Waals surface area (Å²) >= 11 is 2.06. The molecule has 0 radical (unpaired) electrons. The number of nitrogens with zero attached hydrogens (tertiary/aromatic N) is 2. The number of anilines is 1. The Morgan fingerprint density at radius 3 is 2.80 bits per heavy atom. The molecule has 7 nitrogen and oxygen atoms in total. The fraction of sp³-hybridized carbons (Fsp3) is 0.167. The molecule has 8 heteroatoms. The number of benzene rings is 1. The summed E-state index contributed by atoms with van der Waals surface area (Å²) in [5, 5.41) is 5.03. The number of hydrazone groups is 1. The Morgan fingerprint density at radius 1 is 1.40 bits per heavy atom. The lowest BCUT2D eigenvalue weighted by atomic mass is 10.2. The minimum Gasteiger partial charge on any atom is -0.481 e. The van der Waals surface area contributed by atoms with E-state index in [-0.39, 0.29) is 5.90 Å². The molecule has 0 fully saturated rings. The number of para-hydroxylation sites is 1. The quantitative estimate of drug-likeness (QED) is 0.589. The van der Waals surface area contributed by atoms with Crippen LogP contribution in [0.15, 0.2) is 35.3 Å². The van der Waals surface area contributed by atoms with Crippen molar-refractivity contribution in [3.8, 4) is 0 Å². The molecule has 0 atom stereocenters. The second-order valence-corrected chi connectivity index (χ2v) is 4.95. The van der Waals surface area contributed by atoms with Gasteiger partial charge in [-0.25, -0.2) is 5.43 Å². The largest absolute Gasteiger partial charge is 0.481 e. The van der Waals surface area contributed by atoms with Gasteiger partial charge < -0.3 is 15.2 Å². The molecular formula is C12H13IN4O3. The van der Waals surface area contributed by atoms with Gasteiger partial charge in [0.15, 0.2) is 0 Å². The molecule has 1 aromatic carbocycles. The number of hydrazine groups is 1. The van der Waals surface area contributed by atoms with Gasteiger partial charge in [-0.05, 0) is 34.7 Å². The van der Waals surface area contributed by atoms with Crippen molar-refractivity contribution < 1.29 is 14.3 Å². The summed E-state index contributed by atoms with van der Waals surface area (Å²) in [6, 6.07) is 5.21. The molecule has 0 saturated carbocycles. The van der Waals surface area contributed by atoms with Gasteiger partial charge in [-0.3, -0.25) is 4.79 Å². The van der Waals surface area contributed by atoms with Gasteiger partial charge in [-0.15, -0.1) is 10.2 Å². The molecule has 1 aliphatic heterocycles. The highest BCUT2D eigenvalue weighted by Crippen LogP contribution is 2.21. The minimum atomic E-state index is -0.404. The molecule has 0 unspecified atom stereocenters. The molecule has 0 aliphatic carbocycles. The Morgan fingerprint density at radius 2 is 2.15 bits per heavy atom. The van der Waals surface area contributed by atoms with Gasteiger partial charge in [0.25, 0.3) is 5.91 Å². The minimum absolute atomic E-state index is 0.248. The number of ether oxygens (including phenoxy) is 2. The van der Waals surface area contributed by atoms with E-state index in [1.165, 1.54) is 20.3 Å². The summed E-state index contributed by atoms with van der Waals surface area (Å²) in [5.74, 6) is 0.186. The number of carbonyl (C=O) groups is 1. The van der Waals surface area contributed by atoms with Gasteiger partial charge in [0.1, 0.15) is 0 Å². The smallest absolute Gasteiger partial charge is 0.295 e. The fourth-order valence-corrected chi connectivity index (χ4v) is 2.04. The van der Waals surface area contributed by atoms with Crippen LogP contribution in [0.3, 0.4) is 0 Å². The van der Waals surface area contributed by atoms with E-state index in [1.54, 1.807) is 12.1 Å². The number of nitrogens with one attached hydrogen (secondary N) is 1. The van der Waals surface area contributed by atoms with Crippen LogP contribution >= 0.6 is 22.6 Å². The number of amides is 1. The van der Waals surface area contributed by atoms with Gasteiger partial charge in [0, 0.05) is 3.57 Å². The van der Waals surface area contributed by atoms with Crippen molar-refractivity contribution in [3.05, 3.63) is 39.3 Å². The highest BCUT2D eigenvalue weighted by atomic mass is 127. The molecule has 0 bridgehead atoms. The van der Waals surface area contributed by atoms with Crippen LogP contribution in [0, 0.1) is 3.57 Å². The van der Waals surface area contributed by atoms with Gasteiger partial charge in [-0.1, -0.05) is 6.07 Å². The molecule has 106 valence electrons. The monoisotopic (exact) mass is 388 g/mol. The molecular weight excluding hydrogens is 375 g/mol. The second-order valence-electron chi connectivity index (χ2n) is 3.78. The topological polar surface area (TPSA) is 89.2 Å². The first-order valence-corrected chi connectivity index (χ1v) is 6.68. The van der Waals surface area contributed by atoms with E-state index >= 15 is 0 Å². The highest BCUT2D eigenvalue weighted by Gasteiger charge is 2.23. The predicted octanol–water partition coefficient (Wildman–Crippen LogP) is 1.28. The standard InChI is InChI=1S/C12H13IN4O3/c1-19-9-6-10(20-2)16-17(15-9)12(18)7-4-3-5-8(13)11(7)14/h3-6,15H,14H2,1-2H3. The van der Waals surface area contributed by atoms with Crippen LogP contribution in [-0.2, 0) is 9.47 Å². The van der Waals surface area contributed by atoms with Crippen LogP contribution < -0.4 is 11.2 Å². The van der Waals surface area contributed by atoms with E-state index in [0.717, 1.165) is 8.69 Å². The summed E-state index contributed by atoms with van der Waals surface area (Å²) in [7, 11) is 2.93. The maximum absolute atomic E-state index is 12.4. The zero-order chi connectivity index (χ0) is 14.7. The van der Waals surface area contributed by atoms with Crippen molar-refractivity contribution in [2.24, 2.45) is 5.10 Å². The summed E-state index contributed by atoms with van der Waals surface area (Å²) in [5.41, 5.74) is 9.38. The number of nitrogens with two attached hydrogens (primary N) is 1. The lowest BCUT2D eigenvalue weighted by Gasteiger charge is -2.24. The van der Waals surface area contributed by atoms with Crippen molar-refractivity contribution in [2.45, 2.75) is 0 Å². The lowest BCUT2D eigenvalue weighted by molar-refractivity contribution is 0.0608. The first kappa shape index (κ1) is 14.4. The fourth-order valence-electron chi connectivity index (χ4n) is 1.54. The average Bonchev–Trinajstić information content (AvgIpc) is 2.48. The molecule has 0 spiro atoms. The van der Waals surface area contributed by atoms with Gasteiger partial charge in [0.05, 0.1) is 31.5 Å². The lowest BCUT2D eigenvalue weighted by Crippen LogP contribution is -2.42. The van der Waals surface area contributed by atoms with Crippen molar-refractivity contribution >= 4 is 40.1 Å². The number of halogens is 1. The molecule has 2 rings (SSSR count). The predicted molar refractivity (Wildman–Crippen MR) is 82.4 cm³/mol. The first-order chi connectivity index (χ1) is 9.56. The van der Waals surface area contributed by atoms with Crippen LogP contribution in [-0.4, -0.2) is 31.1 Å². The van der Waals surface area contributed by atoms with Crippen LogP contribution in [0.4, 0.5) is 5.69 Å². The van der Waals surface area contributed by atoms with Crippen molar-refractivity contribution in [1.82, 2.24) is 10.5 Å². The Hall–Kier alpha value is -1.97. The molecule has 0 saturated heterocycles. The molecule has 1 amide bonds. The van der Waals surface area contributed by atoms with Crippen LogP contribution in [0.25, 0.3) is 0 Å². The number of hydrogen-bond donors (Lipinski definition) is 2. The van der Waals surface area contributed by atoms with Crippen molar-refractivity contribution in [1.29, 1.82) is 0 Å². The Labute approximate surface area is 129 Å². The average molecular weight is 388 g/mol. The highest BCUT2D eigenvalue weighted by molar-refractivity contribution is 14.1. The van der Waals surface area contributed by atoms with E-state index in [2.05, 4.69) is 33.1 Å². The molecule has 1 aromatic rings. The van der Waals surface area contributed by atoms with Gasteiger partial charge >= 0.3 is 0 Å². The number of rotatable bonds is 2. The summed E-state index contributed by atoms with van der Waals surface area (Å²) in [6.07, 6.45) is 1.53. The zero-order valence-electron chi connectivity index (χ0n) is 10.9. The number of hydrogen-bond acceptors (Lipinski definition) is 6. The number of nitrogen functional groups attached to an aromatic ring is 1. The summed E-state index contributed by atoms with van der Waals surface area (Å²) in [4.78, 5) is 12.4. The second kappa shape index (κ2) is 5.99. The number of methoxy groups -OCH3 is 2. The number of carbonyl (C=O) groups excluding carboxylic acids is 1. The van der Waals surface area contributed by atoms with Crippen LogP contribution in [0.2, 0.25) is 0 Å².